The van der Waals surface area contributed by atoms with E-state index in [4.69, 9.17) is 4.74 Å². The third kappa shape index (κ3) is 5.91. The Morgan fingerprint density at radius 2 is 1.54 bits per heavy atom. The van der Waals surface area contributed by atoms with Crippen molar-refractivity contribution in [1.82, 2.24) is 0 Å². The third-order valence-electron chi connectivity index (χ3n) is 4.99. The minimum Gasteiger partial charge on any atom is -0.402 e. The van der Waals surface area contributed by atoms with Crippen LogP contribution in [-0.4, -0.2) is 11.9 Å². The van der Waals surface area contributed by atoms with E-state index in [9.17, 15) is 4.79 Å². The van der Waals surface area contributed by atoms with Gasteiger partial charge in [0.1, 0.15) is 0 Å². The number of aliphatic imine (C=N–C) groups is 1. The number of carbonyl (C=O) groups excluding carboxylic acids is 1. The first-order valence-corrected chi connectivity index (χ1v) is 10.4. The van der Waals surface area contributed by atoms with E-state index in [1.807, 2.05) is 42.5 Å². The molecule has 1 aliphatic heterocycles. The predicted octanol–water partition coefficient (Wildman–Crippen LogP) is 6.32. The van der Waals surface area contributed by atoms with Crippen LogP contribution in [0.5, 0.6) is 0 Å². The molecule has 2 aromatic carbocycles. The molecule has 0 N–H and O–H groups in total. The topological polar surface area (TPSA) is 38.7 Å². The Bertz CT molecular complexity index is 819. The maximum absolute atomic E-state index is 12.1. The van der Waals surface area contributed by atoms with Crippen LogP contribution < -0.4 is 0 Å². The molecule has 1 heterocycles. The van der Waals surface area contributed by atoms with Crippen LogP contribution in [0.25, 0.3) is 6.08 Å². The zero-order chi connectivity index (χ0) is 19.6. The Kier molecular flexibility index (Phi) is 7.60. The number of unbranched alkanes of at least 4 members (excludes halogenated alkanes) is 6. The average molecular weight is 376 g/mol. The summed E-state index contributed by atoms with van der Waals surface area (Å²) in [5.41, 5.74) is 3.47. The van der Waals surface area contributed by atoms with E-state index in [2.05, 4.69) is 24.0 Å². The molecule has 1 aliphatic rings. The normalized spacial score (nSPS) is 15.0. The first-order valence-electron chi connectivity index (χ1n) is 10.4. The molecule has 0 atom stereocenters. The van der Waals surface area contributed by atoms with Crippen LogP contribution in [0.2, 0.25) is 0 Å². The van der Waals surface area contributed by atoms with Gasteiger partial charge in [0.05, 0.1) is 0 Å². The molecule has 0 saturated heterocycles. The Labute approximate surface area is 168 Å². The Hall–Kier alpha value is -2.68. The fraction of sp³-hybridized carbons (Fsp3) is 0.360. The number of nitrogens with zero attached hydrogens (tertiary/aromatic N) is 1. The van der Waals surface area contributed by atoms with Crippen molar-refractivity contribution in [1.29, 1.82) is 0 Å². The fourth-order valence-corrected chi connectivity index (χ4v) is 3.34. The number of hydrogen-bond acceptors (Lipinski definition) is 3. The lowest BCUT2D eigenvalue weighted by Gasteiger charge is -2.03. The lowest BCUT2D eigenvalue weighted by atomic mass is 10.0. The van der Waals surface area contributed by atoms with Gasteiger partial charge in [0.15, 0.2) is 5.70 Å². The van der Waals surface area contributed by atoms with Gasteiger partial charge in [0, 0.05) is 5.56 Å². The molecule has 0 spiro atoms. The smallest absolute Gasteiger partial charge is 0.363 e. The highest BCUT2D eigenvalue weighted by molar-refractivity contribution is 6.12. The van der Waals surface area contributed by atoms with Crippen LogP contribution in [0.4, 0.5) is 0 Å². The summed E-state index contributed by atoms with van der Waals surface area (Å²) in [7, 11) is 0. The molecule has 0 amide bonds. The summed E-state index contributed by atoms with van der Waals surface area (Å²) in [5.74, 6) is -0.0293. The van der Waals surface area contributed by atoms with Crippen molar-refractivity contribution in [2.24, 2.45) is 4.99 Å². The van der Waals surface area contributed by atoms with E-state index < -0.39 is 5.97 Å². The van der Waals surface area contributed by atoms with Gasteiger partial charge in [-0.2, -0.15) is 0 Å². The maximum atomic E-state index is 12.1. The summed E-state index contributed by atoms with van der Waals surface area (Å²) < 4.78 is 5.30. The highest BCUT2D eigenvalue weighted by atomic mass is 16.6. The maximum Gasteiger partial charge on any atom is 0.363 e. The summed E-state index contributed by atoms with van der Waals surface area (Å²) in [6.07, 6.45) is 12.2. The molecule has 28 heavy (non-hydrogen) atoms. The van der Waals surface area contributed by atoms with Crippen LogP contribution in [-0.2, 0) is 16.0 Å². The van der Waals surface area contributed by atoms with Crippen molar-refractivity contribution < 1.29 is 9.53 Å². The van der Waals surface area contributed by atoms with Crippen molar-refractivity contribution in [2.45, 2.75) is 58.3 Å². The Morgan fingerprint density at radius 3 is 2.25 bits per heavy atom. The second-order valence-corrected chi connectivity index (χ2v) is 7.31. The van der Waals surface area contributed by atoms with Gasteiger partial charge < -0.3 is 4.74 Å². The molecule has 3 nitrogen and oxygen atoms in total. The van der Waals surface area contributed by atoms with Crippen LogP contribution in [0.1, 0.15) is 68.6 Å². The molecule has 0 fully saturated rings. The number of cyclic esters (lactones) is 1. The van der Waals surface area contributed by atoms with E-state index in [0.29, 0.717) is 11.6 Å². The van der Waals surface area contributed by atoms with Gasteiger partial charge in [-0.05, 0) is 42.2 Å². The molecular formula is C25H29NO2. The summed E-state index contributed by atoms with van der Waals surface area (Å²) >= 11 is 0. The second kappa shape index (κ2) is 10.6. The molecule has 0 saturated carbocycles. The summed E-state index contributed by atoms with van der Waals surface area (Å²) in [5, 5.41) is 0. The van der Waals surface area contributed by atoms with Gasteiger partial charge in [-0.3, -0.25) is 0 Å². The zero-order valence-corrected chi connectivity index (χ0v) is 16.7. The van der Waals surface area contributed by atoms with Gasteiger partial charge in [-0.1, -0.05) is 87.9 Å². The number of ether oxygens (including phenoxy) is 1. The quantitative estimate of drug-likeness (QED) is 0.277. The number of benzene rings is 2. The van der Waals surface area contributed by atoms with Crippen molar-refractivity contribution in [3.05, 3.63) is 77.0 Å². The van der Waals surface area contributed by atoms with Gasteiger partial charge in [-0.25, -0.2) is 9.79 Å². The molecular weight excluding hydrogens is 346 g/mol. The number of hydrogen-bond donors (Lipinski definition) is 0. The first-order chi connectivity index (χ1) is 13.8. The van der Waals surface area contributed by atoms with E-state index in [1.54, 1.807) is 6.08 Å². The van der Waals surface area contributed by atoms with Crippen molar-refractivity contribution in [2.75, 3.05) is 0 Å². The molecule has 0 unspecified atom stereocenters. The first kappa shape index (κ1) is 20.1. The average Bonchev–Trinajstić information content (AvgIpc) is 3.09. The van der Waals surface area contributed by atoms with E-state index >= 15 is 0 Å². The van der Waals surface area contributed by atoms with Crippen LogP contribution in [0, 0.1) is 0 Å². The second-order valence-electron chi connectivity index (χ2n) is 7.31. The predicted molar refractivity (Wildman–Crippen MR) is 115 cm³/mol. The molecule has 0 aromatic heterocycles. The van der Waals surface area contributed by atoms with Crippen LogP contribution in [0.15, 0.2) is 65.3 Å². The number of aryl methyl sites for hydroxylation is 1. The summed E-state index contributed by atoms with van der Waals surface area (Å²) in [4.78, 5) is 16.4. The van der Waals surface area contributed by atoms with Gasteiger partial charge in [0.2, 0.25) is 5.90 Å². The number of carbonyl (C=O) groups is 1. The third-order valence-corrected chi connectivity index (χ3v) is 4.99. The van der Waals surface area contributed by atoms with Crippen molar-refractivity contribution in [3.8, 4) is 0 Å². The molecule has 0 radical (unpaired) electrons. The van der Waals surface area contributed by atoms with Crippen LogP contribution in [0.3, 0.4) is 0 Å². The molecule has 146 valence electrons. The molecule has 2 aromatic rings. The zero-order valence-electron chi connectivity index (χ0n) is 16.7. The minimum absolute atomic E-state index is 0.346. The van der Waals surface area contributed by atoms with E-state index in [0.717, 1.165) is 17.5 Å². The van der Waals surface area contributed by atoms with Crippen molar-refractivity contribution >= 4 is 17.9 Å². The Morgan fingerprint density at radius 1 is 0.857 bits per heavy atom. The fourth-order valence-electron chi connectivity index (χ4n) is 3.34. The molecule has 0 bridgehead atoms. The summed E-state index contributed by atoms with van der Waals surface area (Å²) in [6.45, 7) is 2.25. The Balaban J connectivity index is 1.52. The number of esters is 1. The van der Waals surface area contributed by atoms with Gasteiger partial charge >= 0.3 is 5.97 Å². The number of rotatable bonds is 10. The lowest BCUT2D eigenvalue weighted by Crippen LogP contribution is -2.04. The lowest BCUT2D eigenvalue weighted by molar-refractivity contribution is -0.129. The monoisotopic (exact) mass is 375 g/mol. The van der Waals surface area contributed by atoms with Crippen molar-refractivity contribution in [3.63, 3.8) is 0 Å². The molecule has 3 rings (SSSR count). The largest absolute Gasteiger partial charge is 0.402 e. The standard InChI is InChI=1S/C25H29NO2/c1-2-3-4-5-6-7-9-12-20-15-17-21(18-16-20)19-23-25(27)28-24(26-23)22-13-10-8-11-14-22/h8,10-11,13-19H,2-7,9,12H2,1H3/b23-19+. The van der Waals surface area contributed by atoms with E-state index in [1.165, 1.54) is 50.5 Å². The van der Waals surface area contributed by atoms with E-state index in [-0.39, 0.29) is 0 Å². The minimum atomic E-state index is -0.397. The highest BCUT2D eigenvalue weighted by Crippen LogP contribution is 2.19. The highest BCUT2D eigenvalue weighted by Gasteiger charge is 2.23. The SMILES string of the molecule is CCCCCCCCCc1ccc(/C=C2/N=C(c3ccccc3)OC2=O)cc1. The van der Waals surface area contributed by atoms with Crippen LogP contribution >= 0.6 is 0 Å². The summed E-state index contributed by atoms with van der Waals surface area (Å²) in [6, 6.07) is 17.9. The van der Waals surface area contributed by atoms with Gasteiger partial charge in [-0.15, -0.1) is 0 Å². The molecule has 0 aliphatic carbocycles. The molecule has 3 heteroatoms. The van der Waals surface area contributed by atoms with Gasteiger partial charge in [0.25, 0.3) is 0 Å².